The van der Waals surface area contributed by atoms with Crippen LogP contribution in [0.1, 0.15) is 25.7 Å². The summed E-state index contributed by atoms with van der Waals surface area (Å²) in [7, 11) is -2.07. The topological polar surface area (TPSA) is 90.9 Å². The van der Waals surface area contributed by atoms with Crippen molar-refractivity contribution >= 4 is 21.4 Å². The summed E-state index contributed by atoms with van der Waals surface area (Å²) in [5.41, 5.74) is 0.485. The summed E-state index contributed by atoms with van der Waals surface area (Å²) >= 11 is 0. The van der Waals surface area contributed by atoms with Gasteiger partial charge in [-0.05, 0) is 25.0 Å². The van der Waals surface area contributed by atoms with Crippen LogP contribution in [-0.4, -0.2) is 45.3 Å². The van der Waals surface area contributed by atoms with Crippen molar-refractivity contribution in [1.29, 1.82) is 0 Å². The smallest absolute Gasteiger partial charge is 0.251 e. The number of sulfone groups is 1. The number of anilines is 1. The van der Waals surface area contributed by atoms with Crippen molar-refractivity contribution < 1.29 is 27.4 Å². The Morgan fingerprint density at radius 2 is 1.96 bits per heavy atom. The van der Waals surface area contributed by atoms with Crippen LogP contribution < -0.4 is 14.8 Å². The summed E-state index contributed by atoms with van der Waals surface area (Å²) in [6, 6.07) is 5.08. The van der Waals surface area contributed by atoms with Crippen molar-refractivity contribution in [1.82, 2.24) is 0 Å². The molecule has 0 saturated heterocycles. The molecule has 0 aromatic heterocycles. The zero-order valence-electron chi connectivity index (χ0n) is 13.5. The first-order chi connectivity index (χ1) is 11.4. The van der Waals surface area contributed by atoms with Crippen LogP contribution in [0.3, 0.4) is 0 Å². The second-order valence-corrected chi connectivity index (χ2v) is 8.30. The van der Waals surface area contributed by atoms with Crippen LogP contribution in [-0.2, 0) is 19.4 Å². The van der Waals surface area contributed by atoms with Gasteiger partial charge in [-0.2, -0.15) is 0 Å². The average molecular weight is 355 g/mol. The predicted octanol–water partition coefficient (Wildman–Crippen LogP) is 1.73. The van der Waals surface area contributed by atoms with Crippen molar-refractivity contribution in [2.24, 2.45) is 0 Å². The highest BCUT2D eigenvalue weighted by Gasteiger charge is 2.44. The van der Waals surface area contributed by atoms with Gasteiger partial charge in [0.1, 0.15) is 5.75 Å². The first-order valence-electron chi connectivity index (χ1n) is 7.93. The van der Waals surface area contributed by atoms with E-state index in [4.69, 9.17) is 14.2 Å². The molecule has 1 aromatic rings. The van der Waals surface area contributed by atoms with Gasteiger partial charge in [0.15, 0.2) is 21.3 Å². The third-order valence-corrected chi connectivity index (χ3v) is 5.62. The number of fused-ring (bicyclic) bond motifs is 1. The van der Waals surface area contributed by atoms with Crippen LogP contribution in [0.2, 0.25) is 0 Å². The molecule has 1 aromatic carbocycles. The van der Waals surface area contributed by atoms with E-state index in [1.165, 1.54) is 7.11 Å². The minimum absolute atomic E-state index is 0.0712. The molecule has 8 heteroatoms. The molecule has 1 spiro atoms. The van der Waals surface area contributed by atoms with E-state index < -0.39 is 27.3 Å². The van der Waals surface area contributed by atoms with Gasteiger partial charge in [-0.3, -0.25) is 4.79 Å². The van der Waals surface area contributed by atoms with Gasteiger partial charge in [0.05, 0.1) is 12.4 Å². The summed E-state index contributed by atoms with van der Waals surface area (Å²) in [4.78, 5) is 11.9. The lowest BCUT2D eigenvalue weighted by Gasteiger charge is -2.21. The molecule has 2 aliphatic rings. The highest BCUT2D eigenvalue weighted by molar-refractivity contribution is 7.92. The van der Waals surface area contributed by atoms with Gasteiger partial charge in [0.2, 0.25) is 5.91 Å². The molecule has 1 aliphatic carbocycles. The van der Waals surface area contributed by atoms with Crippen LogP contribution in [0.5, 0.6) is 11.5 Å². The third kappa shape index (κ3) is 3.81. The molecule has 24 heavy (non-hydrogen) atoms. The van der Waals surface area contributed by atoms with Crippen molar-refractivity contribution in [2.45, 2.75) is 31.5 Å². The molecule has 1 saturated carbocycles. The number of rotatable bonds is 6. The maximum atomic E-state index is 11.9. The summed E-state index contributed by atoms with van der Waals surface area (Å²) in [6.07, 6.45) is 3.83. The molecule has 1 fully saturated rings. The number of nitrogens with one attached hydrogen (secondary N) is 1. The summed E-state index contributed by atoms with van der Waals surface area (Å²) in [5, 5.41) is 2.59. The standard InChI is InChI=1S/C16H21NO6S/c1-21-8-9-24(19,20)11-15(18)17-12-4-5-13-14(10-12)23-16(22-13)6-2-3-7-16/h4-5,10H,2-3,6-9,11H2,1H3,(H,17,18). The Labute approximate surface area is 141 Å². The Balaban J connectivity index is 1.62. The molecule has 1 heterocycles. The van der Waals surface area contributed by atoms with E-state index >= 15 is 0 Å². The van der Waals surface area contributed by atoms with Crippen LogP contribution in [0, 0.1) is 0 Å². The van der Waals surface area contributed by atoms with Gasteiger partial charge in [-0.15, -0.1) is 0 Å². The normalized spacial score (nSPS) is 18.0. The SMILES string of the molecule is COCCS(=O)(=O)CC(=O)Nc1ccc2c(c1)OC1(CCCC1)O2. The van der Waals surface area contributed by atoms with E-state index in [9.17, 15) is 13.2 Å². The van der Waals surface area contributed by atoms with Crippen LogP contribution in [0.15, 0.2) is 18.2 Å². The van der Waals surface area contributed by atoms with E-state index in [2.05, 4.69) is 5.32 Å². The number of carbonyl (C=O) groups is 1. The van der Waals surface area contributed by atoms with E-state index in [-0.39, 0.29) is 12.4 Å². The first kappa shape index (κ1) is 17.0. The Kier molecular flexibility index (Phi) is 4.69. The fourth-order valence-corrected chi connectivity index (χ4v) is 4.01. The minimum atomic E-state index is -3.49. The van der Waals surface area contributed by atoms with Crippen molar-refractivity contribution in [3.63, 3.8) is 0 Å². The fourth-order valence-electron chi connectivity index (χ4n) is 2.97. The Hall–Kier alpha value is -1.80. The second-order valence-electron chi connectivity index (χ2n) is 6.12. The average Bonchev–Trinajstić information content (AvgIpc) is 3.10. The Morgan fingerprint density at radius 3 is 2.67 bits per heavy atom. The quantitative estimate of drug-likeness (QED) is 0.836. The van der Waals surface area contributed by atoms with Gasteiger partial charge in [-0.1, -0.05) is 0 Å². The lowest BCUT2D eigenvalue weighted by atomic mass is 10.2. The number of carbonyl (C=O) groups excluding carboxylic acids is 1. The molecule has 1 aliphatic heterocycles. The lowest BCUT2D eigenvalue weighted by Crippen LogP contribution is -2.34. The zero-order chi connectivity index (χ0) is 17.2. The maximum Gasteiger partial charge on any atom is 0.251 e. The minimum Gasteiger partial charge on any atom is -0.448 e. The number of methoxy groups -OCH3 is 1. The molecular weight excluding hydrogens is 334 g/mol. The number of benzene rings is 1. The molecule has 1 amide bonds. The van der Waals surface area contributed by atoms with Crippen LogP contribution >= 0.6 is 0 Å². The number of hydrogen-bond acceptors (Lipinski definition) is 6. The van der Waals surface area contributed by atoms with E-state index in [1.807, 2.05) is 0 Å². The molecule has 132 valence electrons. The van der Waals surface area contributed by atoms with Crippen LogP contribution in [0.4, 0.5) is 5.69 Å². The van der Waals surface area contributed by atoms with Crippen molar-refractivity contribution in [3.05, 3.63) is 18.2 Å². The third-order valence-electron chi connectivity index (χ3n) is 4.13. The number of hydrogen-bond donors (Lipinski definition) is 1. The van der Waals surface area contributed by atoms with Gasteiger partial charge >= 0.3 is 0 Å². The fraction of sp³-hybridized carbons (Fsp3) is 0.562. The zero-order valence-corrected chi connectivity index (χ0v) is 14.4. The molecule has 3 rings (SSSR count). The highest BCUT2D eigenvalue weighted by atomic mass is 32.2. The summed E-state index contributed by atoms with van der Waals surface area (Å²) < 4.78 is 40.1. The molecule has 1 N–H and O–H groups in total. The van der Waals surface area contributed by atoms with Crippen molar-refractivity contribution in [3.8, 4) is 11.5 Å². The highest BCUT2D eigenvalue weighted by Crippen LogP contribution is 2.47. The largest absolute Gasteiger partial charge is 0.448 e. The molecule has 0 unspecified atom stereocenters. The molecule has 7 nitrogen and oxygen atoms in total. The van der Waals surface area contributed by atoms with Crippen LogP contribution in [0.25, 0.3) is 0 Å². The monoisotopic (exact) mass is 355 g/mol. The summed E-state index contributed by atoms with van der Waals surface area (Å²) in [5.74, 6) is -0.663. The second kappa shape index (κ2) is 6.60. The number of ether oxygens (including phenoxy) is 3. The van der Waals surface area contributed by atoms with E-state index in [1.54, 1.807) is 18.2 Å². The number of amides is 1. The molecule has 0 radical (unpaired) electrons. The molecule has 0 bridgehead atoms. The van der Waals surface area contributed by atoms with E-state index in [0.29, 0.717) is 17.2 Å². The predicted molar refractivity (Wildman–Crippen MR) is 88.1 cm³/mol. The van der Waals surface area contributed by atoms with E-state index in [0.717, 1.165) is 25.7 Å². The lowest BCUT2D eigenvalue weighted by molar-refractivity contribution is -0.113. The summed E-state index contributed by atoms with van der Waals surface area (Å²) in [6.45, 7) is 0.0712. The maximum absolute atomic E-state index is 11.9. The van der Waals surface area contributed by atoms with Gasteiger partial charge < -0.3 is 19.5 Å². The Morgan fingerprint density at radius 1 is 1.25 bits per heavy atom. The first-order valence-corrected chi connectivity index (χ1v) is 9.75. The van der Waals surface area contributed by atoms with Gasteiger partial charge in [-0.25, -0.2) is 8.42 Å². The Bertz CT molecular complexity index is 724. The van der Waals surface area contributed by atoms with Gasteiger partial charge in [0, 0.05) is 31.7 Å². The van der Waals surface area contributed by atoms with Gasteiger partial charge in [0.25, 0.3) is 5.79 Å². The molecule has 0 atom stereocenters. The molecular formula is C16H21NO6S. The van der Waals surface area contributed by atoms with Crippen molar-refractivity contribution in [2.75, 3.05) is 30.5 Å².